The zero-order valence-electron chi connectivity index (χ0n) is 6.85. The number of carbonyl (C=O) groups excluding carboxylic acids is 1. The number of hydrogen-bond acceptors (Lipinski definition) is 2. The molecule has 0 aromatic heterocycles. The number of nitrogens with two attached hydrogens (primary N) is 2. The van der Waals surface area contributed by atoms with Gasteiger partial charge in [0.25, 0.3) is 0 Å². The molecule has 0 aromatic rings. The lowest BCUT2D eigenvalue weighted by molar-refractivity contribution is -0.118. The summed E-state index contributed by atoms with van der Waals surface area (Å²) in [4.78, 5) is 10.5. The molecule has 1 amide bonds. The second-order valence-corrected chi connectivity index (χ2v) is 9.30. The standard InChI is InChI=1S/C6H16N2OSi/c1-10(2,3)4-5(7)6(8)9/h5H,4,7H2,1-3H3,(H2,8,9). The van der Waals surface area contributed by atoms with Gasteiger partial charge in [-0.15, -0.1) is 0 Å². The van der Waals surface area contributed by atoms with Crippen LogP contribution in [-0.4, -0.2) is 20.0 Å². The van der Waals surface area contributed by atoms with Gasteiger partial charge in [-0.2, -0.15) is 0 Å². The zero-order chi connectivity index (χ0) is 8.36. The summed E-state index contributed by atoms with van der Waals surface area (Å²) in [7, 11) is -1.21. The SMILES string of the molecule is C[Si](C)(C)CC(N)C(N)=O. The van der Waals surface area contributed by atoms with Crippen LogP contribution in [0.1, 0.15) is 0 Å². The third-order valence-electron chi connectivity index (χ3n) is 1.20. The minimum Gasteiger partial charge on any atom is -0.368 e. The van der Waals surface area contributed by atoms with E-state index in [1.165, 1.54) is 0 Å². The topological polar surface area (TPSA) is 69.1 Å². The van der Waals surface area contributed by atoms with Crippen molar-refractivity contribution in [2.75, 3.05) is 0 Å². The first-order valence-electron chi connectivity index (χ1n) is 3.38. The molecule has 0 saturated heterocycles. The van der Waals surface area contributed by atoms with Gasteiger partial charge >= 0.3 is 0 Å². The Kier molecular flexibility index (Phi) is 3.05. The molecule has 3 nitrogen and oxygen atoms in total. The second kappa shape index (κ2) is 3.16. The van der Waals surface area contributed by atoms with Crippen LogP contribution in [-0.2, 0) is 4.79 Å². The summed E-state index contributed by atoms with van der Waals surface area (Å²) in [5, 5.41) is 0. The summed E-state index contributed by atoms with van der Waals surface area (Å²) < 4.78 is 0. The molecule has 0 bridgehead atoms. The molecule has 0 rings (SSSR count). The highest BCUT2D eigenvalue weighted by molar-refractivity contribution is 6.76. The monoisotopic (exact) mass is 160 g/mol. The number of carbonyl (C=O) groups is 1. The van der Waals surface area contributed by atoms with Crippen LogP contribution in [0.4, 0.5) is 0 Å². The largest absolute Gasteiger partial charge is 0.368 e. The van der Waals surface area contributed by atoms with Crippen LogP contribution in [0.25, 0.3) is 0 Å². The summed E-state index contributed by atoms with van der Waals surface area (Å²) in [5.74, 6) is -0.387. The van der Waals surface area contributed by atoms with Crippen LogP contribution in [0.15, 0.2) is 0 Å². The minimum atomic E-state index is -1.21. The molecule has 4 N–H and O–H groups in total. The van der Waals surface area contributed by atoms with E-state index in [0.717, 1.165) is 6.04 Å². The van der Waals surface area contributed by atoms with Crippen molar-refractivity contribution < 1.29 is 4.79 Å². The van der Waals surface area contributed by atoms with Crippen LogP contribution < -0.4 is 11.5 Å². The molecule has 0 heterocycles. The summed E-state index contributed by atoms with van der Waals surface area (Å²) in [6.07, 6.45) is 0. The molecule has 60 valence electrons. The van der Waals surface area contributed by atoms with Gasteiger partial charge in [0.15, 0.2) is 0 Å². The van der Waals surface area contributed by atoms with E-state index in [1.54, 1.807) is 0 Å². The van der Waals surface area contributed by atoms with E-state index in [4.69, 9.17) is 11.5 Å². The molecule has 0 aliphatic heterocycles. The first-order chi connectivity index (χ1) is 4.33. The van der Waals surface area contributed by atoms with Gasteiger partial charge in [-0.3, -0.25) is 4.79 Å². The summed E-state index contributed by atoms with van der Waals surface area (Å²) in [6, 6.07) is 0.342. The van der Waals surface area contributed by atoms with Crippen molar-refractivity contribution >= 4 is 14.0 Å². The van der Waals surface area contributed by atoms with Gasteiger partial charge in [0.05, 0.1) is 6.04 Å². The van der Waals surface area contributed by atoms with Gasteiger partial charge < -0.3 is 11.5 Å². The highest BCUT2D eigenvalue weighted by atomic mass is 28.3. The molecule has 0 aromatic carbocycles. The predicted molar refractivity (Wildman–Crippen MR) is 45.3 cm³/mol. The molecule has 0 fully saturated rings. The fourth-order valence-corrected chi connectivity index (χ4v) is 2.28. The van der Waals surface area contributed by atoms with Gasteiger partial charge in [-0.25, -0.2) is 0 Å². The van der Waals surface area contributed by atoms with Gasteiger partial charge in [0.2, 0.25) is 5.91 Å². The molecule has 0 aliphatic rings. The quantitative estimate of drug-likeness (QED) is 0.576. The fourth-order valence-electron chi connectivity index (χ4n) is 0.760. The number of rotatable bonds is 3. The first-order valence-corrected chi connectivity index (χ1v) is 7.08. The van der Waals surface area contributed by atoms with E-state index in [-0.39, 0.29) is 5.91 Å². The van der Waals surface area contributed by atoms with Crippen molar-refractivity contribution in [3.8, 4) is 0 Å². The Morgan fingerprint density at radius 3 is 2.00 bits per heavy atom. The highest BCUT2D eigenvalue weighted by Gasteiger charge is 2.20. The Balaban J connectivity index is 3.80. The van der Waals surface area contributed by atoms with E-state index < -0.39 is 14.1 Å². The average molecular weight is 160 g/mol. The average Bonchev–Trinajstić information content (AvgIpc) is 1.60. The molecule has 0 spiro atoms. The Morgan fingerprint density at radius 2 is 1.90 bits per heavy atom. The Bertz CT molecular complexity index is 130. The molecule has 0 saturated carbocycles. The number of hydrogen-bond donors (Lipinski definition) is 2. The lowest BCUT2D eigenvalue weighted by atomic mass is 10.3. The Hall–Kier alpha value is -0.353. The zero-order valence-corrected chi connectivity index (χ0v) is 7.85. The van der Waals surface area contributed by atoms with E-state index >= 15 is 0 Å². The third kappa shape index (κ3) is 4.52. The van der Waals surface area contributed by atoms with Crippen LogP contribution in [0.3, 0.4) is 0 Å². The third-order valence-corrected chi connectivity index (χ3v) is 2.86. The number of amides is 1. The van der Waals surface area contributed by atoms with E-state index in [1.807, 2.05) is 0 Å². The van der Waals surface area contributed by atoms with Crippen molar-refractivity contribution in [3.63, 3.8) is 0 Å². The van der Waals surface area contributed by atoms with Crippen molar-refractivity contribution in [2.24, 2.45) is 11.5 Å². The van der Waals surface area contributed by atoms with Crippen LogP contribution >= 0.6 is 0 Å². The first kappa shape index (κ1) is 9.65. The van der Waals surface area contributed by atoms with E-state index in [9.17, 15) is 4.79 Å². The maximum Gasteiger partial charge on any atom is 0.234 e. The van der Waals surface area contributed by atoms with Gasteiger partial charge in [0, 0.05) is 8.07 Å². The van der Waals surface area contributed by atoms with Gasteiger partial charge in [-0.05, 0) is 6.04 Å². The molecule has 1 unspecified atom stereocenters. The maximum absolute atomic E-state index is 10.5. The number of primary amides is 1. The molecule has 1 atom stereocenters. The Labute approximate surface area is 62.8 Å². The molecular weight excluding hydrogens is 144 g/mol. The molecule has 0 aliphatic carbocycles. The Morgan fingerprint density at radius 1 is 1.50 bits per heavy atom. The lowest BCUT2D eigenvalue weighted by Crippen LogP contribution is -2.41. The summed E-state index contributed by atoms with van der Waals surface area (Å²) >= 11 is 0. The van der Waals surface area contributed by atoms with Crippen LogP contribution in [0.5, 0.6) is 0 Å². The molecular formula is C6H16N2OSi. The fraction of sp³-hybridized carbons (Fsp3) is 0.833. The van der Waals surface area contributed by atoms with Crippen molar-refractivity contribution in [1.82, 2.24) is 0 Å². The summed E-state index contributed by atoms with van der Waals surface area (Å²) in [5.41, 5.74) is 10.5. The van der Waals surface area contributed by atoms with Crippen LogP contribution in [0, 0.1) is 0 Å². The normalized spacial score (nSPS) is 14.8. The second-order valence-electron chi connectivity index (χ2n) is 3.77. The minimum absolute atomic E-state index is 0.387. The van der Waals surface area contributed by atoms with Crippen molar-refractivity contribution in [2.45, 2.75) is 31.7 Å². The molecule has 10 heavy (non-hydrogen) atoms. The van der Waals surface area contributed by atoms with Gasteiger partial charge in [0.1, 0.15) is 0 Å². The molecule has 0 radical (unpaired) electrons. The smallest absolute Gasteiger partial charge is 0.234 e. The van der Waals surface area contributed by atoms with Crippen molar-refractivity contribution in [1.29, 1.82) is 0 Å². The molecule has 4 heteroatoms. The van der Waals surface area contributed by atoms with Crippen LogP contribution in [0.2, 0.25) is 25.7 Å². The highest BCUT2D eigenvalue weighted by Crippen LogP contribution is 2.09. The van der Waals surface area contributed by atoms with Crippen molar-refractivity contribution in [3.05, 3.63) is 0 Å². The van der Waals surface area contributed by atoms with E-state index in [2.05, 4.69) is 19.6 Å². The predicted octanol–water partition coefficient (Wildman–Crippen LogP) is 0.137. The van der Waals surface area contributed by atoms with E-state index in [0.29, 0.717) is 0 Å². The lowest BCUT2D eigenvalue weighted by Gasteiger charge is -2.18. The van der Waals surface area contributed by atoms with Gasteiger partial charge in [-0.1, -0.05) is 19.6 Å². The maximum atomic E-state index is 10.5. The summed E-state index contributed by atoms with van der Waals surface area (Å²) in [6.45, 7) is 6.49.